The number of esters is 1. The molecule has 0 rings (SSSR count). The second-order valence-corrected chi connectivity index (χ2v) is 17.0. The molecule has 59 heavy (non-hydrogen) atoms. The van der Waals surface area contributed by atoms with Crippen molar-refractivity contribution in [2.24, 2.45) is 0 Å². The van der Waals surface area contributed by atoms with Crippen LogP contribution in [0.1, 0.15) is 239 Å². The maximum atomic E-state index is 13.1. The Morgan fingerprint density at radius 3 is 1.29 bits per heavy atom. The van der Waals surface area contributed by atoms with E-state index in [2.05, 4.69) is 32.2 Å². The van der Waals surface area contributed by atoms with Gasteiger partial charge in [-0.3, -0.25) is 9.59 Å². The molecule has 0 fully saturated rings. The van der Waals surface area contributed by atoms with Crippen molar-refractivity contribution in [3.8, 4) is 0 Å². The molecule has 0 radical (unpaired) electrons. The van der Waals surface area contributed by atoms with Crippen molar-refractivity contribution in [1.82, 2.24) is 5.32 Å². The van der Waals surface area contributed by atoms with E-state index >= 15 is 0 Å². The molecule has 0 aromatic heterocycles. The number of aliphatic hydroxyl groups excluding tert-OH is 2. The number of carbonyl (C=O) groups excluding carboxylic acids is 2. The van der Waals surface area contributed by atoms with E-state index < -0.39 is 18.2 Å². The van der Waals surface area contributed by atoms with Crippen LogP contribution in [0.4, 0.5) is 0 Å². The summed E-state index contributed by atoms with van der Waals surface area (Å²) in [4.78, 5) is 26.0. The smallest absolute Gasteiger partial charge is 0.306 e. The summed E-state index contributed by atoms with van der Waals surface area (Å²) in [6, 6.07) is -0.738. The minimum Gasteiger partial charge on any atom is -0.461 e. The summed E-state index contributed by atoms with van der Waals surface area (Å²) >= 11 is 0. The van der Waals surface area contributed by atoms with Gasteiger partial charge in [-0.1, -0.05) is 261 Å². The van der Waals surface area contributed by atoms with E-state index in [1.807, 2.05) is 54.7 Å². The number of nitrogens with one attached hydrogen (secondary N) is 1. The van der Waals surface area contributed by atoms with Crippen LogP contribution in [-0.4, -0.2) is 46.9 Å². The first kappa shape index (κ1) is 56.6. The van der Waals surface area contributed by atoms with Crippen molar-refractivity contribution in [1.29, 1.82) is 0 Å². The molecule has 0 heterocycles. The molecular weight excluding hydrogens is 731 g/mol. The number of unbranched alkanes of at least 4 members (excludes halogenated alkanes) is 27. The Balaban J connectivity index is 4.58. The Labute approximate surface area is 365 Å². The summed E-state index contributed by atoms with van der Waals surface area (Å²) in [6.07, 6.45) is 57.4. The van der Waals surface area contributed by atoms with Crippen LogP contribution < -0.4 is 5.32 Å². The highest BCUT2D eigenvalue weighted by atomic mass is 16.5. The predicted octanol–water partition coefficient (Wildman–Crippen LogP) is 14.8. The third kappa shape index (κ3) is 42.1. The molecule has 1 amide bonds. The van der Waals surface area contributed by atoms with Crippen LogP contribution in [-0.2, 0) is 14.3 Å². The van der Waals surface area contributed by atoms with Crippen LogP contribution in [0.15, 0.2) is 60.8 Å². The lowest BCUT2D eigenvalue weighted by Crippen LogP contribution is -2.46. The number of hydrogen-bond donors (Lipinski definition) is 3. The maximum Gasteiger partial charge on any atom is 0.306 e. The van der Waals surface area contributed by atoms with E-state index in [-0.39, 0.29) is 24.9 Å². The molecule has 0 aromatic rings. The first-order chi connectivity index (χ1) is 29.0. The quantitative estimate of drug-likeness (QED) is 0.0323. The minimum atomic E-state index is -0.817. The van der Waals surface area contributed by atoms with Crippen molar-refractivity contribution in [3.05, 3.63) is 60.8 Å². The van der Waals surface area contributed by atoms with Gasteiger partial charge in [-0.25, -0.2) is 0 Å². The molecule has 0 aliphatic rings. The molecule has 3 N–H and O–H groups in total. The molecule has 0 spiro atoms. The lowest BCUT2D eigenvalue weighted by atomic mass is 10.0. The van der Waals surface area contributed by atoms with Gasteiger partial charge in [0, 0.05) is 12.8 Å². The Bertz CT molecular complexity index is 1060. The zero-order chi connectivity index (χ0) is 43.1. The van der Waals surface area contributed by atoms with E-state index in [4.69, 9.17) is 4.74 Å². The lowest BCUT2D eigenvalue weighted by Gasteiger charge is -2.24. The number of aliphatic hydroxyl groups is 2. The largest absolute Gasteiger partial charge is 0.461 e. The van der Waals surface area contributed by atoms with Gasteiger partial charge in [0.15, 0.2) is 0 Å². The van der Waals surface area contributed by atoms with Crippen LogP contribution >= 0.6 is 0 Å². The monoisotopic (exact) mass is 826 g/mol. The molecule has 342 valence electrons. The van der Waals surface area contributed by atoms with Crippen LogP contribution in [0, 0.1) is 0 Å². The highest BCUT2D eigenvalue weighted by Gasteiger charge is 2.23. The number of hydrogen-bond acceptors (Lipinski definition) is 5. The van der Waals surface area contributed by atoms with Gasteiger partial charge in [0.2, 0.25) is 5.91 Å². The van der Waals surface area contributed by atoms with Crippen LogP contribution in [0.3, 0.4) is 0 Å². The Morgan fingerprint density at radius 1 is 0.508 bits per heavy atom. The molecule has 0 aromatic carbocycles. The molecule has 6 heteroatoms. The average molecular weight is 826 g/mol. The minimum absolute atomic E-state index is 0.0173. The molecule has 6 nitrogen and oxygen atoms in total. The van der Waals surface area contributed by atoms with Crippen LogP contribution in [0.5, 0.6) is 0 Å². The standard InChI is InChI=1S/C53H95NO5/c1-4-7-10-13-16-19-22-24-25-26-27-28-30-33-36-39-42-45-51(56)50(48-55)54-52(57)47-49(44-41-38-35-32-29-21-18-15-12-9-6-3)59-53(58)46-43-40-37-34-31-23-20-17-14-11-8-5-2/h9,12,15,18,21,29,32,35,38,41,49-51,55-56H,4-8,10-11,13-14,16-17,19-20,22-28,30-31,33-34,36-37,39-40,42-48H2,1-3H3,(H,54,57)/b12-9+,18-15+,29-21-,35-32-,41-38+. The van der Waals surface area contributed by atoms with Crippen molar-refractivity contribution in [2.45, 2.75) is 257 Å². The highest BCUT2D eigenvalue weighted by molar-refractivity contribution is 5.77. The summed E-state index contributed by atoms with van der Waals surface area (Å²) in [5.74, 6) is -0.604. The Kier molecular flexibility index (Phi) is 44.7. The Hall–Kier alpha value is -2.44. The molecule has 3 unspecified atom stereocenters. The van der Waals surface area contributed by atoms with Gasteiger partial charge in [0.1, 0.15) is 6.10 Å². The summed E-state index contributed by atoms with van der Waals surface area (Å²) in [5, 5.41) is 23.7. The van der Waals surface area contributed by atoms with Gasteiger partial charge in [-0.05, 0) is 19.3 Å². The van der Waals surface area contributed by atoms with Gasteiger partial charge < -0.3 is 20.3 Å². The first-order valence-electron chi connectivity index (χ1n) is 25.1. The maximum absolute atomic E-state index is 13.1. The molecule has 0 saturated heterocycles. The normalized spacial score (nSPS) is 13.8. The van der Waals surface area contributed by atoms with Gasteiger partial charge in [0.05, 0.1) is 25.2 Å². The van der Waals surface area contributed by atoms with E-state index in [9.17, 15) is 19.8 Å². The fourth-order valence-corrected chi connectivity index (χ4v) is 7.45. The van der Waals surface area contributed by atoms with Crippen LogP contribution in [0.25, 0.3) is 0 Å². The van der Waals surface area contributed by atoms with Crippen molar-refractivity contribution in [3.63, 3.8) is 0 Å². The molecule has 0 aliphatic heterocycles. The van der Waals surface area contributed by atoms with Crippen molar-refractivity contribution in [2.75, 3.05) is 6.61 Å². The van der Waals surface area contributed by atoms with Crippen molar-refractivity contribution >= 4 is 11.9 Å². The van der Waals surface area contributed by atoms with Gasteiger partial charge in [-0.2, -0.15) is 0 Å². The van der Waals surface area contributed by atoms with Crippen molar-refractivity contribution < 1.29 is 24.5 Å². The van der Waals surface area contributed by atoms with Crippen LogP contribution in [0.2, 0.25) is 0 Å². The summed E-state index contributed by atoms with van der Waals surface area (Å²) in [6.45, 7) is 6.30. The number of rotatable bonds is 44. The lowest BCUT2D eigenvalue weighted by molar-refractivity contribution is -0.150. The van der Waals surface area contributed by atoms with E-state index in [0.717, 1.165) is 44.9 Å². The molecule has 0 aliphatic carbocycles. The molecular formula is C53H95NO5. The van der Waals surface area contributed by atoms with Gasteiger partial charge >= 0.3 is 5.97 Å². The second-order valence-electron chi connectivity index (χ2n) is 17.0. The summed E-state index contributed by atoms with van der Waals surface area (Å²) < 4.78 is 5.83. The molecule has 0 bridgehead atoms. The summed E-state index contributed by atoms with van der Waals surface area (Å²) in [7, 11) is 0. The predicted molar refractivity (Wildman–Crippen MR) is 255 cm³/mol. The first-order valence-corrected chi connectivity index (χ1v) is 25.1. The number of ether oxygens (including phenoxy) is 1. The number of allylic oxidation sites excluding steroid dienone is 9. The van der Waals surface area contributed by atoms with E-state index in [0.29, 0.717) is 19.3 Å². The Morgan fingerprint density at radius 2 is 0.881 bits per heavy atom. The second kappa shape index (κ2) is 46.6. The fraction of sp³-hybridized carbons (Fsp3) is 0.774. The zero-order valence-corrected chi connectivity index (χ0v) is 38.9. The zero-order valence-electron chi connectivity index (χ0n) is 38.9. The van der Waals surface area contributed by atoms with E-state index in [1.54, 1.807) is 0 Å². The summed E-state index contributed by atoms with van der Waals surface area (Å²) in [5.41, 5.74) is 0. The topological polar surface area (TPSA) is 95.9 Å². The fourth-order valence-electron chi connectivity index (χ4n) is 7.45. The number of carbonyl (C=O) groups is 2. The van der Waals surface area contributed by atoms with Gasteiger partial charge in [-0.15, -0.1) is 0 Å². The SMILES string of the molecule is CC/C=C/C=C/C=C\C=C/C=C/CC(CC(=O)NC(CO)C(O)CCCCCCCCCCCCCCCCCCC)OC(=O)CCCCCCCCCCCCCC. The third-order valence-corrected chi connectivity index (χ3v) is 11.2. The highest BCUT2D eigenvalue weighted by Crippen LogP contribution is 2.17. The van der Waals surface area contributed by atoms with E-state index in [1.165, 1.54) is 148 Å². The van der Waals surface area contributed by atoms with Gasteiger partial charge in [0.25, 0.3) is 0 Å². The molecule has 0 saturated carbocycles. The number of amides is 1. The third-order valence-electron chi connectivity index (χ3n) is 11.2. The average Bonchev–Trinajstić information content (AvgIpc) is 3.23. The molecule has 3 atom stereocenters.